The van der Waals surface area contributed by atoms with Gasteiger partial charge in [0.25, 0.3) is 5.91 Å². The van der Waals surface area contributed by atoms with Gasteiger partial charge in [-0.25, -0.2) is 4.39 Å². The van der Waals surface area contributed by atoms with Crippen LogP contribution in [0.25, 0.3) is 10.9 Å². The summed E-state index contributed by atoms with van der Waals surface area (Å²) in [6.45, 7) is 2.63. The van der Waals surface area contributed by atoms with Crippen LogP contribution in [0, 0.1) is 12.7 Å². The number of carbonyl (C=O) groups is 1. The highest BCUT2D eigenvalue weighted by molar-refractivity contribution is 7.09. The number of halogens is 1. The second-order valence-corrected chi connectivity index (χ2v) is 7.63. The summed E-state index contributed by atoms with van der Waals surface area (Å²) < 4.78 is 15.9. The van der Waals surface area contributed by atoms with Gasteiger partial charge in [-0.3, -0.25) is 4.79 Å². The molecule has 0 bridgehead atoms. The van der Waals surface area contributed by atoms with E-state index in [0.717, 1.165) is 11.2 Å². The molecule has 2 N–H and O–H groups in total. The van der Waals surface area contributed by atoms with Crippen LogP contribution >= 0.6 is 11.3 Å². The van der Waals surface area contributed by atoms with Gasteiger partial charge in [-0.15, -0.1) is 11.3 Å². The van der Waals surface area contributed by atoms with Gasteiger partial charge < -0.3 is 15.0 Å². The van der Waals surface area contributed by atoms with Crippen LogP contribution in [0.2, 0.25) is 0 Å². The molecule has 2 aromatic carbocycles. The largest absolute Gasteiger partial charge is 0.508 e. The van der Waals surface area contributed by atoms with E-state index in [0.29, 0.717) is 23.1 Å². The van der Waals surface area contributed by atoms with Gasteiger partial charge in [0.2, 0.25) is 0 Å². The van der Waals surface area contributed by atoms with E-state index in [-0.39, 0.29) is 24.0 Å². The summed E-state index contributed by atoms with van der Waals surface area (Å²) in [5.74, 6) is -0.539. The maximum absolute atomic E-state index is 13.9. The monoisotopic (exact) mass is 394 g/mol. The van der Waals surface area contributed by atoms with Crippen molar-refractivity contribution in [1.29, 1.82) is 0 Å². The van der Waals surface area contributed by atoms with Crippen LogP contribution in [0.5, 0.6) is 5.75 Å². The number of fused-ring (bicyclic) bond motifs is 1. The molecule has 0 aliphatic rings. The Hall–Kier alpha value is -3.12. The number of phenols is 1. The van der Waals surface area contributed by atoms with Crippen molar-refractivity contribution in [3.8, 4) is 5.75 Å². The van der Waals surface area contributed by atoms with Crippen molar-refractivity contribution in [3.05, 3.63) is 87.5 Å². The molecule has 4 rings (SSSR count). The van der Waals surface area contributed by atoms with Gasteiger partial charge in [-0.1, -0.05) is 24.3 Å². The van der Waals surface area contributed by atoms with Gasteiger partial charge in [0.15, 0.2) is 0 Å². The van der Waals surface area contributed by atoms with Crippen LogP contribution in [0.15, 0.2) is 60.0 Å². The highest BCUT2D eigenvalue weighted by Gasteiger charge is 2.21. The second kappa shape index (κ2) is 7.48. The maximum atomic E-state index is 13.9. The van der Waals surface area contributed by atoms with Gasteiger partial charge in [0.1, 0.15) is 11.6 Å². The molecule has 6 heteroatoms. The molecule has 2 heterocycles. The van der Waals surface area contributed by atoms with Crippen LogP contribution in [0.3, 0.4) is 0 Å². The first-order valence-corrected chi connectivity index (χ1v) is 9.78. The minimum Gasteiger partial charge on any atom is -0.508 e. The van der Waals surface area contributed by atoms with Gasteiger partial charge >= 0.3 is 0 Å². The fourth-order valence-electron chi connectivity index (χ4n) is 3.42. The number of phenolic OH excluding ortho intramolecular Hbond substituents is 1. The average molecular weight is 394 g/mol. The predicted octanol–water partition coefficient (Wildman–Crippen LogP) is 4.83. The number of hydrogen-bond acceptors (Lipinski definition) is 3. The predicted molar refractivity (Wildman–Crippen MR) is 109 cm³/mol. The summed E-state index contributed by atoms with van der Waals surface area (Å²) in [4.78, 5) is 14.1. The van der Waals surface area contributed by atoms with Crippen LogP contribution in [-0.4, -0.2) is 15.6 Å². The number of nitrogens with zero attached hydrogens (tertiary/aromatic N) is 1. The SMILES string of the molecule is Cc1c(C(=O)NCc2ccccc2F)c2cc(O)ccc2n1Cc1cccs1. The Morgan fingerprint density at radius 2 is 2.00 bits per heavy atom. The molecule has 4 nitrogen and oxygen atoms in total. The van der Waals surface area contributed by atoms with Gasteiger partial charge in [0.05, 0.1) is 12.1 Å². The van der Waals surface area contributed by atoms with E-state index in [1.165, 1.54) is 10.9 Å². The number of aromatic hydroxyl groups is 1. The maximum Gasteiger partial charge on any atom is 0.254 e. The zero-order valence-corrected chi connectivity index (χ0v) is 16.1. The first kappa shape index (κ1) is 18.3. The van der Waals surface area contributed by atoms with E-state index < -0.39 is 0 Å². The molecule has 0 saturated heterocycles. The van der Waals surface area contributed by atoms with Crippen LogP contribution in [0.1, 0.15) is 26.5 Å². The normalized spacial score (nSPS) is 11.1. The van der Waals surface area contributed by atoms with Gasteiger partial charge in [0, 0.05) is 33.6 Å². The Kier molecular flexibility index (Phi) is 4.88. The lowest BCUT2D eigenvalue weighted by Gasteiger charge is -2.08. The lowest BCUT2D eigenvalue weighted by atomic mass is 10.1. The van der Waals surface area contributed by atoms with E-state index in [1.807, 2.05) is 30.5 Å². The Morgan fingerprint density at radius 1 is 1.18 bits per heavy atom. The second-order valence-electron chi connectivity index (χ2n) is 6.60. The standard InChI is InChI=1S/C22H19FN2O2S/c1-14-21(22(27)24-12-15-5-2-3-7-19(15)23)18-11-16(26)8-9-20(18)25(14)13-17-6-4-10-28-17/h2-11,26H,12-13H2,1H3,(H,24,27). The Labute approximate surface area is 165 Å². The minimum absolute atomic E-state index is 0.0986. The molecular weight excluding hydrogens is 375 g/mol. The van der Waals surface area contributed by atoms with Crippen molar-refractivity contribution < 1.29 is 14.3 Å². The third kappa shape index (κ3) is 3.39. The fraction of sp³-hybridized carbons (Fsp3) is 0.136. The number of rotatable bonds is 5. The summed E-state index contributed by atoms with van der Waals surface area (Å²) >= 11 is 1.65. The van der Waals surface area contributed by atoms with Crippen molar-refractivity contribution in [1.82, 2.24) is 9.88 Å². The molecule has 0 unspecified atom stereocenters. The number of hydrogen-bond donors (Lipinski definition) is 2. The molecule has 142 valence electrons. The Balaban J connectivity index is 1.71. The molecule has 0 atom stereocenters. The molecule has 0 spiro atoms. The third-order valence-electron chi connectivity index (χ3n) is 4.83. The number of carbonyl (C=O) groups excluding carboxylic acids is 1. The minimum atomic E-state index is -0.350. The van der Waals surface area contributed by atoms with E-state index in [1.54, 1.807) is 41.7 Å². The number of nitrogens with one attached hydrogen (secondary N) is 1. The highest BCUT2D eigenvalue weighted by atomic mass is 32.1. The number of thiophene rings is 1. The van der Waals surface area contributed by atoms with Crippen molar-refractivity contribution in [2.24, 2.45) is 0 Å². The molecule has 28 heavy (non-hydrogen) atoms. The van der Waals surface area contributed by atoms with E-state index in [9.17, 15) is 14.3 Å². The molecule has 0 saturated carbocycles. The van der Waals surface area contributed by atoms with Crippen molar-refractivity contribution in [2.45, 2.75) is 20.0 Å². The molecule has 2 aromatic heterocycles. The lowest BCUT2D eigenvalue weighted by Crippen LogP contribution is -2.24. The van der Waals surface area contributed by atoms with Crippen LogP contribution in [0.4, 0.5) is 4.39 Å². The Bertz CT molecular complexity index is 1150. The molecule has 0 aliphatic carbocycles. The van der Waals surface area contributed by atoms with E-state index in [2.05, 4.69) is 9.88 Å². The van der Waals surface area contributed by atoms with Crippen molar-refractivity contribution in [2.75, 3.05) is 0 Å². The van der Waals surface area contributed by atoms with E-state index in [4.69, 9.17) is 0 Å². The summed E-state index contributed by atoms with van der Waals surface area (Å²) in [5, 5.41) is 15.5. The summed E-state index contributed by atoms with van der Waals surface area (Å²) in [5.41, 5.74) is 2.61. The first-order valence-electron chi connectivity index (χ1n) is 8.90. The lowest BCUT2D eigenvalue weighted by molar-refractivity contribution is 0.0951. The van der Waals surface area contributed by atoms with Crippen molar-refractivity contribution >= 4 is 28.1 Å². The zero-order valence-electron chi connectivity index (χ0n) is 15.3. The topological polar surface area (TPSA) is 54.3 Å². The van der Waals surface area contributed by atoms with E-state index >= 15 is 0 Å². The summed E-state index contributed by atoms with van der Waals surface area (Å²) in [6.07, 6.45) is 0. The molecule has 0 radical (unpaired) electrons. The summed E-state index contributed by atoms with van der Waals surface area (Å²) in [7, 11) is 0. The quantitative estimate of drug-likeness (QED) is 0.509. The first-order chi connectivity index (χ1) is 13.5. The van der Waals surface area contributed by atoms with Crippen molar-refractivity contribution in [3.63, 3.8) is 0 Å². The molecule has 4 aromatic rings. The fourth-order valence-corrected chi connectivity index (χ4v) is 4.12. The third-order valence-corrected chi connectivity index (χ3v) is 5.69. The van der Waals surface area contributed by atoms with Crippen LogP contribution < -0.4 is 5.32 Å². The smallest absolute Gasteiger partial charge is 0.254 e. The highest BCUT2D eigenvalue weighted by Crippen LogP contribution is 2.30. The molecule has 0 fully saturated rings. The van der Waals surface area contributed by atoms with Gasteiger partial charge in [-0.05, 0) is 42.6 Å². The zero-order chi connectivity index (χ0) is 19.7. The van der Waals surface area contributed by atoms with Gasteiger partial charge in [-0.2, -0.15) is 0 Å². The molecule has 1 amide bonds. The number of amides is 1. The van der Waals surface area contributed by atoms with Crippen LogP contribution in [-0.2, 0) is 13.1 Å². The number of aromatic nitrogens is 1. The average Bonchev–Trinajstić information content (AvgIpc) is 3.28. The Morgan fingerprint density at radius 3 is 2.75 bits per heavy atom. The number of benzene rings is 2. The summed E-state index contributed by atoms with van der Waals surface area (Å²) in [6, 6.07) is 15.5. The molecule has 0 aliphatic heterocycles. The molecular formula is C22H19FN2O2S.